The van der Waals surface area contributed by atoms with E-state index in [1.54, 1.807) is 0 Å². The Morgan fingerprint density at radius 2 is 2.16 bits per heavy atom. The Bertz CT molecular complexity index is 765. The summed E-state index contributed by atoms with van der Waals surface area (Å²) in [5.41, 5.74) is 0.00584. The lowest BCUT2D eigenvalue weighted by atomic mass is 10.1. The van der Waals surface area contributed by atoms with Crippen LogP contribution in [0.3, 0.4) is 0 Å². The second kappa shape index (κ2) is 7.06. The minimum Gasteiger partial charge on any atom is -0.464 e. The first-order valence-corrected chi connectivity index (χ1v) is 7.59. The van der Waals surface area contributed by atoms with Crippen LogP contribution in [-0.2, 0) is 4.74 Å². The minimum absolute atomic E-state index is 0.261. The van der Waals surface area contributed by atoms with E-state index < -0.39 is 23.0 Å². The number of ether oxygens (including phenoxy) is 2. The molecule has 25 heavy (non-hydrogen) atoms. The second-order valence-corrected chi connectivity index (χ2v) is 5.52. The molecule has 1 aromatic heterocycles. The van der Waals surface area contributed by atoms with Gasteiger partial charge in [0, 0.05) is 24.4 Å². The van der Waals surface area contributed by atoms with Gasteiger partial charge < -0.3 is 18.8 Å². The highest BCUT2D eigenvalue weighted by Crippen LogP contribution is 2.37. The molecule has 0 saturated carbocycles. The number of anilines is 1. The van der Waals surface area contributed by atoms with Crippen LogP contribution in [0, 0.1) is 17.0 Å². The van der Waals surface area contributed by atoms with Crippen molar-refractivity contribution in [2.45, 2.75) is 19.6 Å². The third-order valence-corrected chi connectivity index (χ3v) is 3.91. The van der Waals surface area contributed by atoms with Gasteiger partial charge in [-0.05, 0) is 25.1 Å². The fourth-order valence-corrected chi connectivity index (χ4v) is 2.80. The first-order valence-electron chi connectivity index (χ1n) is 7.59. The van der Waals surface area contributed by atoms with Crippen LogP contribution in [0.5, 0.6) is 5.75 Å². The lowest BCUT2D eigenvalue weighted by Crippen LogP contribution is -2.39. The van der Waals surface area contributed by atoms with Gasteiger partial charge in [-0.25, -0.2) is 0 Å². The molecule has 1 aromatic carbocycles. The highest BCUT2D eigenvalue weighted by molar-refractivity contribution is 5.60. The molecule has 7 nitrogen and oxygen atoms in total. The largest absolute Gasteiger partial charge is 0.464 e. The van der Waals surface area contributed by atoms with Crippen molar-refractivity contribution in [1.29, 1.82) is 0 Å². The zero-order valence-electron chi connectivity index (χ0n) is 13.4. The average molecular weight is 354 g/mol. The normalized spacial score (nSPS) is 17.8. The molecule has 1 saturated heterocycles. The maximum Gasteiger partial charge on any atom is 0.387 e. The third kappa shape index (κ3) is 3.71. The number of alkyl halides is 2. The van der Waals surface area contributed by atoms with E-state index in [0.717, 1.165) is 11.8 Å². The van der Waals surface area contributed by atoms with Crippen LogP contribution in [0.15, 0.2) is 34.7 Å². The van der Waals surface area contributed by atoms with Crippen molar-refractivity contribution >= 4 is 11.4 Å². The molecular weight excluding hydrogens is 338 g/mol. The molecule has 1 fully saturated rings. The van der Waals surface area contributed by atoms with E-state index in [2.05, 4.69) is 4.74 Å². The van der Waals surface area contributed by atoms with Crippen molar-refractivity contribution in [3.05, 3.63) is 52.0 Å². The van der Waals surface area contributed by atoms with Gasteiger partial charge in [0.15, 0.2) is 0 Å². The van der Waals surface area contributed by atoms with Gasteiger partial charge in [0.05, 0.1) is 18.1 Å². The molecule has 1 aliphatic rings. The molecule has 1 atom stereocenters. The Morgan fingerprint density at radius 1 is 1.36 bits per heavy atom. The predicted molar refractivity (Wildman–Crippen MR) is 84.1 cm³/mol. The molecule has 0 amide bonds. The number of nitro benzene ring substituents is 1. The summed E-state index contributed by atoms with van der Waals surface area (Å²) in [6.45, 7) is -0.0520. The Kier molecular flexibility index (Phi) is 4.84. The molecule has 0 aliphatic carbocycles. The summed E-state index contributed by atoms with van der Waals surface area (Å²) in [7, 11) is 0. The van der Waals surface area contributed by atoms with Crippen molar-refractivity contribution in [3.8, 4) is 5.75 Å². The number of hydrogen-bond acceptors (Lipinski definition) is 6. The van der Waals surface area contributed by atoms with E-state index in [1.807, 2.05) is 24.0 Å². The zero-order chi connectivity index (χ0) is 18.0. The fourth-order valence-electron chi connectivity index (χ4n) is 2.80. The molecular formula is C16H16F2N2O5. The second-order valence-electron chi connectivity index (χ2n) is 5.52. The first-order chi connectivity index (χ1) is 12.0. The minimum atomic E-state index is -3.15. The van der Waals surface area contributed by atoms with Crippen molar-refractivity contribution in [2.75, 3.05) is 24.7 Å². The summed E-state index contributed by atoms with van der Waals surface area (Å²) < 4.78 is 40.6. The highest BCUT2D eigenvalue weighted by atomic mass is 19.3. The average Bonchev–Trinajstić information content (AvgIpc) is 3.00. The maximum atomic E-state index is 12.6. The molecule has 0 spiro atoms. The smallest absolute Gasteiger partial charge is 0.387 e. The molecule has 3 rings (SSSR count). The predicted octanol–water partition coefficient (Wildman–Crippen LogP) is 3.68. The third-order valence-electron chi connectivity index (χ3n) is 3.91. The van der Waals surface area contributed by atoms with Gasteiger partial charge in [-0.1, -0.05) is 0 Å². The number of hydrogen-bond donors (Lipinski definition) is 0. The van der Waals surface area contributed by atoms with Gasteiger partial charge in [-0.3, -0.25) is 10.1 Å². The summed E-state index contributed by atoms with van der Waals surface area (Å²) in [4.78, 5) is 12.1. The van der Waals surface area contributed by atoms with Crippen LogP contribution in [0.2, 0.25) is 0 Å². The Balaban J connectivity index is 1.96. The quantitative estimate of drug-likeness (QED) is 0.602. The summed E-state index contributed by atoms with van der Waals surface area (Å²) in [5.74, 6) is 0.941. The van der Waals surface area contributed by atoms with Gasteiger partial charge in [0.1, 0.15) is 17.6 Å². The van der Waals surface area contributed by atoms with Crippen LogP contribution >= 0.6 is 0 Å². The number of nitro groups is 1. The van der Waals surface area contributed by atoms with E-state index in [0.29, 0.717) is 31.2 Å². The summed E-state index contributed by atoms with van der Waals surface area (Å²) in [5, 5.41) is 11.0. The van der Waals surface area contributed by atoms with Gasteiger partial charge in [0.2, 0.25) is 5.75 Å². The zero-order valence-corrected chi connectivity index (χ0v) is 13.4. The fraction of sp³-hybridized carbons (Fsp3) is 0.375. The first kappa shape index (κ1) is 17.2. The standard InChI is InChI=1S/C16H16F2N2O5/c1-10-2-5-14(24-10)13-9-23-7-6-19(13)11-3-4-12(20(21)22)15(8-11)25-16(17)18/h2-5,8,13,16H,6-7,9H2,1H3. The van der Waals surface area contributed by atoms with E-state index in [4.69, 9.17) is 9.15 Å². The van der Waals surface area contributed by atoms with Crippen LogP contribution in [0.4, 0.5) is 20.2 Å². The maximum absolute atomic E-state index is 12.6. The van der Waals surface area contributed by atoms with Gasteiger partial charge in [0.25, 0.3) is 0 Å². The van der Waals surface area contributed by atoms with Crippen molar-refractivity contribution in [2.24, 2.45) is 0 Å². The number of benzene rings is 1. The molecule has 1 aliphatic heterocycles. The van der Waals surface area contributed by atoms with Crippen LogP contribution in [0.25, 0.3) is 0 Å². The molecule has 0 N–H and O–H groups in total. The molecule has 2 heterocycles. The number of nitrogens with zero attached hydrogens (tertiary/aromatic N) is 2. The van der Waals surface area contributed by atoms with Gasteiger partial charge >= 0.3 is 12.3 Å². The Morgan fingerprint density at radius 3 is 2.80 bits per heavy atom. The van der Waals surface area contributed by atoms with Crippen molar-refractivity contribution in [1.82, 2.24) is 0 Å². The monoisotopic (exact) mass is 354 g/mol. The number of rotatable bonds is 5. The van der Waals surface area contributed by atoms with E-state index in [-0.39, 0.29) is 6.04 Å². The molecule has 1 unspecified atom stereocenters. The molecule has 134 valence electrons. The van der Waals surface area contributed by atoms with Gasteiger partial charge in [-0.2, -0.15) is 8.78 Å². The summed E-state index contributed by atoms with van der Waals surface area (Å²) in [6, 6.07) is 7.30. The Hall–Kier alpha value is -2.68. The summed E-state index contributed by atoms with van der Waals surface area (Å²) >= 11 is 0. The van der Waals surface area contributed by atoms with Crippen molar-refractivity contribution in [3.63, 3.8) is 0 Å². The SMILES string of the molecule is Cc1ccc(C2COCCN2c2ccc([N+](=O)[O-])c(OC(F)F)c2)o1. The molecule has 0 radical (unpaired) electrons. The summed E-state index contributed by atoms with van der Waals surface area (Å²) in [6.07, 6.45) is 0. The van der Waals surface area contributed by atoms with Crippen LogP contribution in [-0.4, -0.2) is 31.3 Å². The Labute approximate surface area is 141 Å². The van der Waals surface area contributed by atoms with E-state index >= 15 is 0 Å². The number of furan rings is 1. The lowest BCUT2D eigenvalue weighted by Gasteiger charge is -2.36. The molecule has 2 aromatic rings. The number of aryl methyl sites for hydroxylation is 1. The topological polar surface area (TPSA) is 78.0 Å². The number of halogens is 2. The van der Waals surface area contributed by atoms with E-state index in [1.165, 1.54) is 12.1 Å². The number of morpholine rings is 1. The lowest BCUT2D eigenvalue weighted by molar-refractivity contribution is -0.386. The molecule has 9 heteroatoms. The molecule has 0 bridgehead atoms. The van der Waals surface area contributed by atoms with E-state index in [9.17, 15) is 18.9 Å². The van der Waals surface area contributed by atoms with Crippen LogP contribution in [0.1, 0.15) is 17.6 Å². The van der Waals surface area contributed by atoms with Crippen molar-refractivity contribution < 1.29 is 27.6 Å². The van der Waals surface area contributed by atoms with Gasteiger partial charge in [-0.15, -0.1) is 0 Å². The van der Waals surface area contributed by atoms with Crippen LogP contribution < -0.4 is 9.64 Å². The highest BCUT2D eigenvalue weighted by Gasteiger charge is 2.29.